The molecule has 0 atom stereocenters. The Morgan fingerprint density at radius 2 is 1.68 bits per heavy atom. The lowest BCUT2D eigenvalue weighted by molar-refractivity contribution is 0.205. The van der Waals surface area contributed by atoms with Gasteiger partial charge in [0.1, 0.15) is 6.34 Å². The molecule has 1 aromatic rings. The van der Waals surface area contributed by atoms with Crippen molar-refractivity contribution >= 4 is 30.2 Å². The highest BCUT2D eigenvalue weighted by Crippen LogP contribution is 2.25. The zero-order valence-electron chi connectivity index (χ0n) is 14.3. The van der Waals surface area contributed by atoms with E-state index in [9.17, 15) is 4.79 Å². The summed E-state index contributed by atoms with van der Waals surface area (Å²) in [4.78, 5) is 18.0. The van der Waals surface area contributed by atoms with Crippen molar-refractivity contribution < 1.29 is 4.79 Å². The van der Waals surface area contributed by atoms with Crippen LogP contribution in [0.1, 0.15) is 25.0 Å². The average Bonchev–Trinajstić information content (AvgIpc) is 2.51. The number of amides is 2. The monoisotopic (exact) mass is 322 g/mol. The summed E-state index contributed by atoms with van der Waals surface area (Å²) in [5.41, 5.74) is 3.53. The Balaban J connectivity index is 2.82. The van der Waals surface area contributed by atoms with Gasteiger partial charge in [0.2, 0.25) is 0 Å². The third-order valence-electron chi connectivity index (χ3n) is 3.22. The summed E-state index contributed by atoms with van der Waals surface area (Å²) < 4.78 is 3.39. The zero-order chi connectivity index (χ0) is 16.7. The van der Waals surface area contributed by atoms with Crippen LogP contribution in [-0.2, 0) is 12.8 Å². The Kier molecular flexibility index (Phi) is 7.24. The minimum absolute atomic E-state index is 0.0616. The lowest BCUT2D eigenvalue weighted by atomic mass is 10.0. The average molecular weight is 322 g/mol. The summed E-state index contributed by atoms with van der Waals surface area (Å²) in [6, 6.07) is 6.24. The fourth-order valence-corrected chi connectivity index (χ4v) is 2.76. The van der Waals surface area contributed by atoms with Crippen molar-refractivity contribution in [3.8, 4) is 0 Å². The summed E-state index contributed by atoms with van der Waals surface area (Å²) in [5.74, 6) is 0. The predicted octanol–water partition coefficient (Wildman–Crippen LogP) is 3.58. The van der Waals surface area contributed by atoms with E-state index in [2.05, 4.69) is 37.0 Å². The van der Waals surface area contributed by atoms with Crippen molar-refractivity contribution in [1.29, 1.82) is 0 Å². The number of hydrogen-bond acceptors (Lipinski definition) is 3. The fourth-order valence-electron chi connectivity index (χ4n) is 2.05. The molecule has 5 nitrogen and oxygen atoms in total. The maximum absolute atomic E-state index is 11.8. The standard InChI is InChI=1S/C16H26N4OS/c1-7-13-10-9-11-14(8-2)15(13)17-12-19(5)22-20(6)16(21)18(3)4/h9-12H,7-8H2,1-6H3. The van der Waals surface area contributed by atoms with Crippen LogP contribution in [0.5, 0.6) is 0 Å². The Morgan fingerprint density at radius 1 is 1.14 bits per heavy atom. The van der Waals surface area contributed by atoms with Crippen LogP contribution in [-0.4, -0.2) is 54.1 Å². The molecular weight excluding hydrogens is 296 g/mol. The van der Waals surface area contributed by atoms with Gasteiger partial charge >= 0.3 is 6.03 Å². The smallest absolute Gasteiger partial charge is 0.330 e. The number of aryl methyl sites for hydroxylation is 2. The Bertz CT molecular complexity index is 509. The molecule has 2 amide bonds. The van der Waals surface area contributed by atoms with E-state index in [4.69, 9.17) is 0 Å². The maximum Gasteiger partial charge on any atom is 0.330 e. The van der Waals surface area contributed by atoms with Gasteiger partial charge in [0.05, 0.1) is 17.8 Å². The number of hydrogen-bond donors (Lipinski definition) is 0. The van der Waals surface area contributed by atoms with Crippen molar-refractivity contribution in [3.05, 3.63) is 29.3 Å². The first-order valence-corrected chi connectivity index (χ1v) is 8.14. The van der Waals surface area contributed by atoms with Gasteiger partial charge in [0, 0.05) is 28.2 Å². The van der Waals surface area contributed by atoms with E-state index in [0.717, 1.165) is 18.5 Å². The van der Waals surface area contributed by atoms with E-state index in [1.807, 2.05) is 11.4 Å². The van der Waals surface area contributed by atoms with Crippen LogP contribution in [0.2, 0.25) is 0 Å². The number of nitrogens with zero attached hydrogens (tertiary/aromatic N) is 4. The molecule has 0 N–H and O–H groups in total. The molecule has 0 aliphatic carbocycles. The van der Waals surface area contributed by atoms with E-state index < -0.39 is 0 Å². The van der Waals surface area contributed by atoms with Crippen molar-refractivity contribution in [2.75, 3.05) is 28.2 Å². The second-order valence-corrected chi connectivity index (χ2v) is 6.47. The van der Waals surface area contributed by atoms with Crippen molar-refractivity contribution in [2.45, 2.75) is 26.7 Å². The van der Waals surface area contributed by atoms with Gasteiger partial charge < -0.3 is 4.90 Å². The molecule has 0 spiro atoms. The molecule has 1 aromatic carbocycles. The number of rotatable bonds is 6. The van der Waals surface area contributed by atoms with Crippen LogP contribution < -0.4 is 0 Å². The van der Waals surface area contributed by atoms with Gasteiger partial charge in [-0.05, 0) is 24.0 Å². The molecule has 0 heterocycles. The Morgan fingerprint density at radius 3 is 2.14 bits per heavy atom. The summed E-state index contributed by atoms with van der Waals surface area (Å²) in [6.07, 6.45) is 3.67. The molecule has 0 saturated carbocycles. The summed E-state index contributed by atoms with van der Waals surface area (Å²) in [7, 11) is 7.10. The molecule has 0 fully saturated rings. The van der Waals surface area contributed by atoms with Crippen LogP contribution in [0, 0.1) is 0 Å². The van der Waals surface area contributed by atoms with Gasteiger partial charge in [-0.3, -0.25) is 8.61 Å². The topological polar surface area (TPSA) is 39.1 Å². The molecule has 0 radical (unpaired) electrons. The SMILES string of the molecule is CCc1cccc(CC)c1N=CN(C)SN(C)C(=O)N(C)C. The van der Waals surface area contributed by atoms with Gasteiger partial charge in [0.25, 0.3) is 0 Å². The number of benzene rings is 1. The molecule has 0 bridgehead atoms. The largest absolute Gasteiger partial charge is 0.330 e. The fraction of sp³-hybridized carbons (Fsp3) is 0.500. The molecule has 0 saturated heterocycles. The van der Waals surface area contributed by atoms with Gasteiger partial charge in [-0.25, -0.2) is 9.79 Å². The third kappa shape index (κ3) is 4.94. The summed E-state index contributed by atoms with van der Waals surface area (Å²) >= 11 is 1.31. The zero-order valence-corrected chi connectivity index (χ0v) is 15.1. The van der Waals surface area contributed by atoms with Crippen LogP contribution in [0.15, 0.2) is 23.2 Å². The van der Waals surface area contributed by atoms with Crippen LogP contribution in [0.25, 0.3) is 0 Å². The number of aliphatic imine (C=N–C) groups is 1. The van der Waals surface area contributed by atoms with Crippen LogP contribution in [0.4, 0.5) is 10.5 Å². The van der Waals surface area contributed by atoms with Crippen LogP contribution in [0.3, 0.4) is 0 Å². The van der Waals surface area contributed by atoms with Crippen molar-refractivity contribution in [3.63, 3.8) is 0 Å². The third-order valence-corrected chi connectivity index (χ3v) is 3.97. The first-order chi connectivity index (χ1) is 10.4. The number of carbonyl (C=O) groups excluding carboxylic acids is 1. The second-order valence-electron chi connectivity index (χ2n) is 5.18. The van der Waals surface area contributed by atoms with E-state index >= 15 is 0 Å². The van der Waals surface area contributed by atoms with E-state index in [1.54, 1.807) is 36.7 Å². The molecule has 6 heteroatoms. The molecule has 0 aliphatic heterocycles. The van der Waals surface area contributed by atoms with Gasteiger partial charge in [-0.2, -0.15) is 0 Å². The molecule has 122 valence electrons. The van der Waals surface area contributed by atoms with E-state index in [-0.39, 0.29) is 6.03 Å². The van der Waals surface area contributed by atoms with Crippen molar-refractivity contribution in [2.24, 2.45) is 4.99 Å². The number of urea groups is 1. The first kappa shape index (κ1) is 18.4. The van der Waals surface area contributed by atoms with Crippen molar-refractivity contribution in [1.82, 2.24) is 13.5 Å². The van der Waals surface area contributed by atoms with Crippen LogP contribution >= 0.6 is 12.1 Å². The van der Waals surface area contributed by atoms with Gasteiger partial charge in [0.15, 0.2) is 0 Å². The Labute approximate surface area is 138 Å². The van der Waals surface area contributed by atoms with E-state index in [0.29, 0.717) is 0 Å². The van der Waals surface area contributed by atoms with E-state index in [1.165, 1.54) is 23.3 Å². The normalized spacial score (nSPS) is 10.8. The second kappa shape index (κ2) is 8.68. The van der Waals surface area contributed by atoms with Gasteiger partial charge in [-0.15, -0.1) is 0 Å². The minimum Gasteiger partial charge on any atom is -0.330 e. The Hall–Kier alpha value is -1.69. The predicted molar refractivity (Wildman–Crippen MR) is 95.6 cm³/mol. The highest BCUT2D eigenvalue weighted by molar-refractivity contribution is 7.95. The highest BCUT2D eigenvalue weighted by atomic mass is 32.2. The lowest BCUT2D eigenvalue weighted by Crippen LogP contribution is -2.34. The molecular formula is C16H26N4OS. The lowest BCUT2D eigenvalue weighted by Gasteiger charge is -2.23. The first-order valence-electron chi connectivity index (χ1n) is 7.41. The molecule has 0 aliphatic rings. The molecule has 22 heavy (non-hydrogen) atoms. The molecule has 0 aromatic heterocycles. The molecule has 1 rings (SSSR count). The van der Waals surface area contributed by atoms with Gasteiger partial charge in [-0.1, -0.05) is 32.0 Å². The highest BCUT2D eigenvalue weighted by Gasteiger charge is 2.13. The number of para-hydroxylation sites is 1. The quantitative estimate of drug-likeness (QED) is 0.456. The maximum atomic E-state index is 11.8. The summed E-state index contributed by atoms with van der Waals surface area (Å²) in [6.45, 7) is 4.27. The summed E-state index contributed by atoms with van der Waals surface area (Å²) in [5, 5.41) is 0. The molecule has 0 unspecified atom stereocenters. The number of carbonyl (C=O) groups is 1. The minimum atomic E-state index is -0.0616.